The lowest BCUT2D eigenvalue weighted by molar-refractivity contribution is 0.134. The molecule has 2 rings (SSSR count). The minimum Gasteiger partial charge on any atom is -0.443 e. The van der Waals surface area contributed by atoms with Gasteiger partial charge in [0, 0.05) is 32.0 Å². The highest BCUT2D eigenvalue weighted by molar-refractivity contribution is 5.69. The van der Waals surface area contributed by atoms with Crippen LogP contribution in [0.15, 0.2) is 12.4 Å². The standard InChI is InChI=1S/C10H16N4O2/c1-8-12-2-3-13(8)4-5-14-7-9(6-11)16-10(14)15/h2-3,9H,4-7,11H2,1H3. The topological polar surface area (TPSA) is 73.4 Å². The van der Waals surface area contributed by atoms with E-state index in [1.165, 1.54) is 0 Å². The summed E-state index contributed by atoms with van der Waals surface area (Å²) in [6.45, 7) is 4.27. The van der Waals surface area contributed by atoms with Gasteiger partial charge in [0.1, 0.15) is 11.9 Å². The van der Waals surface area contributed by atoms with E-state index in [2.05, 4.69) is 4.98 Å². The second-order valence-electron chi connectivity index (χ2n) is 3.86. The molecule has 2 heterocycles. The van der Waals surface area contributed by atoms with Crippen LogP contribution in [0.5, 0.6) is 0 Å². The predicted molar refractivity (Wildman–Crippen MR) is 57.9 cm³/mol. The number of nitrogens with zero attached hydrogens (tertiary/aromatic N) is 3. The third-order valence-electron chi connectivity index (χ3n) is 2.75. The van der Waals surface area contributed by atoms with E-state index in [9.17, 15) is 4.79 Å². The van der Waals surface area contributed by atoms with Crippen LogP contribution in [0, 0.1) is 6.92 Å². The molecule has 0 aromatic carbocycles. The largest absolute Gasteiger partial charge is 0.443 e. The fourth-order valence-electron chi connectivity index (χ4n) is 1.75. The average Bonchev–Trinajstić information content (AvgIpc) is 2.82. The Bertz CT molecular complexity index is 377. The molecule has 88 valence electrons. The van der Waals surface area contributed by atoms with Crippen LogP contribution in [0.1, 0.15) is 5.82 Å². The van der Waals surface area contributed by atoms with Crippen molar-refractivity contribution in [3.63, 3.8) is 0 Å². The van der Waals surface area contributed by atoms with E-state index >= 15 is 0 Å². The maximum absolute atomic E-state index is 11.4. The van der Waals surface area contributed by atoms with E-state index in [1.54, 1.807) is 11.1 Å². The Morgan fingerprint density at radius 3 is 3.00 bits per heavy atom. The van der Waals surface area contributed by atoms with Crippen LogP contribution in [-0.2, 0) is 11.3 Å². The van der Waals surface area contributed by atoms with Crippen LogP contribution in [0.4, 0.5) is 4.79 Å². The summed E-state index contributed by atoms with van der Waals surface area (Å²) in [6.07, 6.45) is 3.22. The Labute approximate surface area is 94.0 Å². The molecule has 0 aliphatic carbocycles. The molecule has 1 aliphatic heterocycles. The molecular formula is C10H16N4O2. The molecule has 2 N–H and O–H groups in total. The number of hydrogen-bond acceptors (Lipinski definition) is 4. The van der Waals surface area contributed by atoms with E-state index in [1.807, 2.05) is 17.7 Å². The number of nitrogens with two attached hydrogens (primary N) is 1. The quantitative estimate of drug-likeness (QED) is 0.779. The van der Waals surface area contributed by atoms with Gasteiger partial charge in [-0.15, -0.1) is 0 Å². The van der Waals surface area contributed by atoms with Crippen molar-refractivity contribution in [2.75, 3.05) is 19.6 Å². The highest BCUT2D eigenvalue weighted by atomic mass is 16.6. The third kappa shape index (κ3) is 2.16. The molecule has 1 saturated heterocycles. The fourth-order valence-corrected chi connectivity index (χ4v) is 1.75. The van der Waals surface area contributed by atoms with Crippen LogP contribution >= 0.6 is 0 Å². The lowest BCUT2D eigenvalue weighted by Gasteiger charge is -2.13. The Hall–Kier alpha value is -1.56. The van der Waals surface area contributed by atoms with Crippen LogP contribution in [0.25, 0.3) is 0 Å². The van der Waals surface area contributed by atoms with Crippen molar-refractivity contribution in [3.8, 4) is 0 Å². The Balaban J connectivity index is 1.87. The van der Waals surface area contributed by atoms with Crippen molar-refractivity contribution in [1.29, 1.82) is 0 Å². The van der Waals surface area contributed by atoms with Gasteiger partial charge in [-0.1, -0.05) is 0 Å². The first-order chi connectivity index (χ1) is 7.70. The minimum absolute atomic E-state index is 0.156. The molecule has 16 heavy (non-hydrogen) atoms. The molecule has 1 aromatic heterocycles. The first kappa shape index (κ1) is 10.9. The smallest absolute Gasteiger partial charge is 0.410 e. The molecule has 0 saturated carbocycles. The Kier molecular flexibility index (Phi) is 3.09. The molecule has 1 amide bonds. The molecule has 1 aliphatic rings. The maximum atomic E-state index is 11.4. The number of aromatic nitrogens is 2. The number of imidazole rings is 1. The van der Waals surface area contributed by atoms with Gasteiger partial charge in [-0.25, -0.2) is 9.78 Å². The van der Waals surface area contributed by atoms with E-state index in [0.29, 0.717) is 19.6 Å². The van der Waals surface area contributed by atoms with Crippen molar-refractivity contribution < 1.29 is 9.53 Å². The second kappa shape index (κ2) is 4.52. The van der Waals surface area contributed by atoms with Gasteiger partial charge in [0.05, 0.1) is 6.54 Å². The zero-order valence-corrected chi connectivity index (χ0v) is 9.30. The van der Waals surface area contributed by atoms with Crippen LogP contribution in [-0.4, -0.2) is 46.3 Å². The average molecular weight is 224 g/mol. The van der Waals surface area contributed by atoms with Crippen LogP contribution in [0.2, 0.25) is 0 Å². The first-order valence-corrected chi connectivity index (χ1v) is 5.34. The van der Waals surface area contributed by atoms with Crippen LogP contribution in [0.3, 0.4) is 0 Å². The number of ether oxygens (including phenoxy) is 1. The van der Waals surface area contributed by atoms with E-state index < -0.39 is 0 Å². The Morgan fingerprint density at radius 2 is 2.44 bits per heavy atom. The third-order valence-corrected chi connectivity index (χ3v) is 2.75. The first-order valence-electron chi connectivity index (χ1n) is 5.34. The number of cyclic esters (lactones) is 1. The summed E-state index contributed by atoms with van der Waals surface area (Å²) in [7, 11) is 0. The fraction of sp³-hybridized carbons (Fsp3) is 0.600. The van der Waals surface area contributed by atoms with Gasteiger partial charge < -0.3 is 19.9 Å². The monoisotopic (exact) mass is 224 g/mol. The van der Waals surface area contributed by atoms with Gasteiger partial charge in [0.15, 0.2) is 0 Å². The number of hydrogen-bond donors (Lipinski definition) is 1. The van der Waals surface area contributed by atoms with Crippen LogP contribution < -0.4 is 5.73 Å². The lowest BCUT2D eigenvalue weighted by Crippen LogP contribution is -2.30. The lowest BCUT2D eigenvalue weighted by atomic mass is 10.3. The Morgan fingerprint density at radius 1 is 1.62 bits per heavy atom. The minimum atomic E-state index is -0.270. The zero-order valence-electron chi connectivity index (χ0n) is 9.30. The summed E-state index contributed by atoms with van der Waals surface area (Å²) in [4.78, 5) is 17.2. The second-order valence-corrected chi connectivity index (χ2v) is 3.86. The van der Waals surface area contributed by atoms with Gasteiger partial charge in [0.25, 0.3) is 0 Å². The molecule has 0 bridgehead atoms. The van der Waals surface area contributed by atoms with Crippen molar-refractivity contribution in [2.24, 2.45) is 5.73 Å². The maximum Gasteiger partial charge on any atom is 0.410 e. The molecule has 1 atom stereocenters. The number of amides is 1. The molecule has 1 unspecified atom stereocenters. The normalized spacial score (nSPS) is 20.2. The van der Waals surface area contributed by atoms with Gasteiger partial charge in [-0.05, 0) is 6.92 Å². The molecule has 0 radical (unpaired) electrons. The SMILES string of the molecule is Cc1nccn1CCN1CC(CN)OC1=O. The van der Waals surface area contributed by atoms with Crippen molar-refractivity contribution >= 4 is 6.09 Å². The van der Waals surface area contributed by atoms with Crippen molar-refractivity contribution in [2.45, 2.75) is 19.6 Å². The van der Waals surface area contributed by atoms with Crippen molar-refractivity contribution in [1.82, 2.24) is 14.5 Å². The summed E-state index contributed by atoms with van der Waals surface area (Å²) in [5, 5.41) is 0. The van der Waals surface area contributed by atoms with E-state index in [0.717, 1.165) is 12.4 Å². The predicted octanol–water partition coefficient (Wildman–Crippen LogP) is -0.0290. The van der Waals surface area contributed by atoms with Gasteiger partial charge in [0.2, 0.25) is 0 Å². The molecule has 0 spiro atoms. The molecule has 1 fully saturated rings. The van der Waals surface area contributed by atoms with E-state index in [-0.39, 0.29) is 12.2 Å². The number of carbonyl (C=O) groups excluding carboxylic acids is 1. The molecular weight excluding hydrogens is 208 g/mol. The number of rotatable bonds is 4. The summed E-state index contributed by atoms with van der Waals surface area (Å²) in [5.74, 6) is 0.947. The van der Waals surface area contributed by atoms with E-state index in [4.69, 9.17) is 10.5 Å². The van der Waals surface area contributed by atoms with Crippen molar-refractivity contribution in [3.05, 3.63) is 18.2 Å². The van der Waals surface area contributed by atoms with Gasteiger partial charge in [-0.3, -0.25) is 0 Å². The highest BCUT2D eigenvalue weighted by Gasteiger charge is 2.29. The summed E-state index contributed by atoms with van der Waals surface area (Å²) < 4.78 is 7.06. The highest BCUT2D eigenvalue weighted by Crippen LogP contribution is 2.10. The summed E-state index contributed by atoms with van der Waals surface area (Å²) in [6, 6.07) is 0. The molecule has 1 aromatic rings. The molecule has 6 heteroatoms. The summed E-state index contributed by atoms with van der Waals surface area (Å²) in [5.41, 5.74) is 5.45. The van der Waals surface area contributed by atoms with Gasteiger partial charge >= 0.3 is 6.09 Å². The number of carbonyl (C=O) groups is 1. The van der Waals surface area contributed by atoms with Gasteiger partial charge in [-0.2, -0.15) is 0 Å². The number of aryl methyl sites for hydroxylation is 1. The summed E-state index contributed by atoms with van der Waals surface area (Å²) >= 11 is 0. The zero-order chi connectivity index (χ0) is 11.5. The molecule has 6 nitrogen and oxygen atoms in total.